The molecule has 1 N–H and O–H groups in total. The third-order valence-corrected chi connectivity index (χ3v) is 5.28. The zero-order chi connectivity index (χ0) is 19.2. The fraction of sp³-hybridized carbons (Fsp3) is 0.300. The lowest BCUT2D eigenvalue weighted by atomic mass is 10.2. The molecule has 1 aromatic carbocycles. The zero-order valence-corrected chi connectivity index (χ0v) is 17.0. The summed E-state index contributed by atoms with van der Waals surface area (Å²) in [6, 6.07) is 12.1. The first-order valence-electron chi connectivity index (χ1n) is 8.71. The highest BCUT2D eigenvalue weighted by molar-refractivity contribution is 7.13. The van der Waals surface area contributed by atoms with E-state index in [0.29, 0.717) is 6.54 Å². The average molecular weight is 384 g/mol. The molecule has 0 spiro atoms. The van der Waals surface area contributed by atoms with Crippen molar-refractivity contribution in [2.75, 3.05) is 21.2 Å². The van der Waals surface area contributed by atoms with Crippen molar-refractivity contribution in [3.05, 3.63) is 59.4 Å². The number of aryl methyl sites for hydroxylation is 1. The van der Waals surface area contributed by atoms with Crippen molar-refractivity contribution in [3.8, 4) is 16.3 Å². The van der Waals surface area contributed by atoms with Gasteiger partial charge < -0.3 is 19.5 Å². The first-order chi connectivity index (χ1) is 13.1. The van der Waals surface area contributed by atoms with Gasteiger partial charge in [0.05, 0.1) is 25.9 Å². The number of aliphatic imine (C=N–C) groups is 1. The maximum atomic E-state index is 5.21. The van der Waals surface area contributed by atoms with Crippen LogP contribution in [0.2, 0.25) is 0 Å². The maximum absolute atomic E-state index is 5.21. The van der Waals surface area contributed by atoms with Gasteiger partial charge in [0, 0.05) is 44.0 Å². The molecule has 27 heavy (non-hydrogen) atoms. The van der Waals surface area contributed by atoms with E-state index in [2.05, 4.69) is 50.5 Å². The number of hydrogen-bond acceptors (Lipinski definition) is 4. The Kier molecular flexibility index (Phi) is 6.13. The van der Waals surface area contributed by atoms with Gasteiger partial charge in [0.15, 0.2) is 5.96 Å². The Balaban J connectivity index is 1.60. The summed E-state index contributed by atoms with van der Waals surface area (Å²) in [7, 11) is 7.55. The van der Waals surface area contributed by atoms with Crippen molar-refractivity contribution in [1.29, 1.82) is 0 Å². The van der Waals surface area contributed by atoms with Crippen LogP contribution >= 0.6 is 11.3 Å². The van der Waals surface area contributed by atoms with Crippen LogP contribution in [0.25, 0.3) is 10.6 Å². The summed E-state index contributed by atoms with van der Waals surface area (Å²) in [6.45, 7) is 1.42. The molecule has 0 fully saturated rings. The molecule has 0 aliphatic rings. The van der Waals surface area contributed by atoms with Crippen molar-refractivity contribution >= 4 is 17.3 Å². The highest BCUT2D eigenvalue weighted by Crippen LogP contribution is 2.25. The van der Waals surface area contributed by atoms with E-state index < -0.39 is 0 Å². The van der Waals surface area contributed by atoms with Gasteiger partial charge >= 0.3 is 0 Å². The van der Waals surface area contributed by atoms with Crippen LogP contribution in [0.3, 0.4) is 0 Å². The topological polar surface area (TPSA) is 54.7 Å². The Morgan fingerprint density at radius 1 is 1.30 bits per heavy atom. The fourth-order valence-corrected chi connectivity index (χ4v) is 3.61. The number of guanidine groups is 1. The third-order valence-electron chi connectivity index (χ3n) is 4.34. The van der Waals surface area contributed by atoms with Crippen LogP contribution in [-0.4, -0.2) is 41.6 Å². The summed E-state index contributed by atoms with van der Waals surface area (Å²) in [5.41, 5.74) is 3.33. The molecule has 0 aliphatic carbocycles. The van der Waals surface area contributed by atoms with Crippen molar-refractivity contribution in [2.45, 2.75) is 13.1 Å². The van der Waals surface area contributed by atoms with Gasteiger partial charge in [-0.1, -0.05) is 0 Å². The Labute approximate surface area is 164 Å². The van der Waals surface area contributed by atoms with Crippen molar-refractivity contribution in [1.82, 2.24) is 19.8 Å². The SMILES string of the molecule is CN=C(NCc1csc(-c2ccc(OC)cc2)n1)N(C)Cc1cccn1C. The molecular formula is C20H25N5OS. The minimum atomic E-state index is 0.636. The van der Waals surface area contributed by atoms with E-state index >= 15 is 0 Å². The lowest BCUT2D eigenvalue weighted by Gasteiger charge is -2.22. The van der Waals surface area contributed by atoms with Crippen LogP contribution in [0.5, 0.6) is 5.75 Å². The summed E-state index contributed by atoms with van der Waals surface area (Å²) >= 11 is 1.64. The number of hydrogen-bond donors (Lipinski definition) is 1. The summed E-state index contributed by atoms with van der Waals surface area (Å²) < 4.78 is 7.32. The molecule has 0 saturated carbocycles. The molecule has 3 aromatic rings. The monoisotopic (exact) mass is 383 g/mol. The van der Waals surface area contributed by atoms with E-state index in [1.165, 1.54) is 5.69 Å². The Bertz CT molecular complexity index is 897. The smallest absolute Gasteiger partial charge is 0.194 e. The van der Waals surface area contributed by atoms with E-state index in [1.54, 1.807) is 25.5 Å². The predicted octanol–water partition coefficient (Wildman–Crippen LogP) is 3.36. The van der Waals surface area contributed by atoms with Crippen LogP contribution in [0.4, 0.5) is 0 Å². The molecule has 7 heteroatoms. The second kappa shape index (κ2) is 8.73. The van der Waals surface area contributed by atoms with Gasteiger partial charge in [-0.3, -0.25) is 4.99 Å². The van der Waals surface area contributed by atoms with Crippen molar-refractivity contribution < 1.29 is 4.74 Å². The summed E-state index contributed by atoms with van der Waals surface area (Å²) in [5.74, 6) is 1.69. The third kappa shape index (κ3) is 4.68. The van der Waals surface area contributed by atoms with Gasteiger partial charge in [-0.15, -0.1) is 11.3 Å². The molecule has 0 saturated heterocycles. The van der Waals surface area contributed by atoms with Gasteiger partial charge in [0.25, 0.3) is 0 Å². The molecule has 0 aliphatic heterocycles. The number of benzene rings is 1. The molecular weight excluding hydrogens is 358 g/mol. The van der Waals surface area contributed by atoms with Gasteiger partial charge in [-0.2, -0.15) is 0 Å². The summed E-state index contributed by atoms with van der Waals surface area (Å²) in [4.78, 5) is 11.2. The second-order valence-electron chi connectivity index (χ2n) is 6.24. The van der Waals surface area contributed by atoms with E-state index in [1.807, 2.05) is 31.3 Å². The first kappa shape index (κ1) is 19.0. The van der Waals surface area contributed by atoms with Gasteiger partial charge in [-0.05, 0) is 36.4 Å². The molecule has 0 amide bonds. The van der Waals surface area contributed by atoms with Crippen LogP contribution in [0, 0.1) is 0 Å². The highest BCUT2D eigenvalue weighted by atomic mass is 32.1. The quantitative estimate of drug-likeness (QED) is 0.524. The number of methoxy groups -OCH3 is 1. The Morgan fingerprint density at radius 3 is 2.70 bits per heavy atom. The first-order valence-corrected chi connectivity index (χ1v) is 9.59. The number of nitrogens with zero attached hydrogens (tertiary/aromatic N) is 4. The minimum absolute atomic E-state index is 0.636. The summed E-state index contributed by atoms with van der Waals surface area (Å²) in [6.07, 6.45) is 2.05. The van der Waals surface area contributed by atoms with Crippen LogP contribution in [0.15, 0.2) is 53.0 Å². The number of rotatable bonds is 6. The lowest BCUT2D eigenvalue weighted by molar-refractivity contribution is 0.415. The molecule has 142 valence electrons. The molecule has 0 unspecified atom stereocenters. The number of nitrogens with one attached hydrogen (secondary N) is 1. The number of aromatic nitrogens is 2. The Morgan fingerprint density at radius 2 is 2.07 bits per heavy atom. The molecule has 6 nitrogen and oxygen atoms in total. The van der Waals surface area contributed by atoms with Crippen molar-refractivity contribution in [2.24, 2.45) is 12.0 Å². The highest BCUT2D eigenvalue weighted by Gasteiger charge is 2.10. The standard InChI is InChI=1S/C20H25N5OS/c1-21-20(25(3)13-17-6-5-11-24(17)2)22-12-16-14-27-19(23-16)15-7-9-18(26-4)10-8-15/h5-11,14H,12-13H2,1-4H3,(H,21,22). The van der Waals surface area contributed by atoms with Gasteiger partial charge in [0.1, 0.15) is 10.8 Å². The fourth-order valence-electron chi connectivity index (χ4n) is 2.79. The molecule has 0 bridgehead atoms. The number of ether oxygens (including phenoxy) is 1. The normalized spacial score (nSPS) is 11.5. The predicted molar refractivity (Wildman–Crippen MR) is 111 cm³/mol. The molecule has 2 heterocycles. The largest absolute Gasteiger partial charge is 0.497 e. The van der Waals surface area contributed by atoms with E-state index in [9.17, 15) is 0 Å². The molecule has 0 radical (unpaired) electrons. The second-order valence-corrected chi connectivity index (χ2v) is 7.10. The van der Waals surface area contributed by atoms with Crippen LogP contribution in [0.1, 0.15) is 11.4 Å². The van der Waals surface area contributed by atoms with E-state index in [0.717, 1.165) is 34.5 Å². The molecule has 2 aromatic heterocycles. The minimum Gasteiger partial charge on any atom is -0.497 e. The van der Waals surface area contributed by atoms with E-state index in [-0.39, 0.29) is 0 Å². The lowest BCUT2D eigenvalue weighted by Crippen LogP contribution is -2.38. The Hall–Kier alpha value is -2.80. The van der Waals surface area contributed by atoms with Crippen molar-refractivity contribution in [3.63, 3.8) is 0 Å². The number of thiazole rings is 1. The van der Waals surface area contributed by atoms with Gasteiger partial charge in [-0.25, -0.2) is 4.98 Å². The maximum Gasteiger partial charge on any atom is 0.194 e. The molecule has 3 rings (SSSR count). The van der Waals surface area contributed by atoms with Crippen LogP contribution < -0.4 is 10.1 Å². The van der Waals surface area contributed by atoms with E-state index in [4.69, 9.17) is 9.72 Å². The summed E-state index contributed by atoms with van der Waals surface area (Å²) in [5, 5.41) is 6.47. The van der Waals surface area contributed by atoms with Gasteiger partial charge in [0.2, 0.25) is 0 Å². The molecule has 0 atom stereocenters. The van der Waals surface area contributed by atoms with Crippen LogP contribution in [-0.2, 0) is 20.1 Å². The zero-order valence-electron chi connectivity index (χ0n) is 16.1. The average Bonchev–Trinajstić information content (AvgIpc) is 3.32.